The first kappa shape index (κ1) is 11.5. The van der Waals surface area contributed by atoms with Gasteiger partial charge >= 0.3 is 0 Å². The summed E-state index contributed by atoms with van der Waals surface area (Å²) in [6.07, 6.45) is 4.35. The van der Waals surface area contributed by atoms with E-state index in [1.54, 1.807) is 12.4 Å². The van der Waals surface area contributed by atoms with Gasteiger partial charge in [0.2, 0.25) is 5.88 Å². The maximum atomic E-state index is 5.64. The molecule has 2 heterocycles. The first-order chi connectivity index (χ1) is 8.29. The summed E-state index contributed by atoms with van der Waals surface area (Å²) >= 11 is 0. The van der Waals surface area contributed by atoms with Gasteiger partial charge in [0.25, 0.3) is 0 Å². The molecule has 2 rings (SSSR count). The van der Waals surface area contributed by atoms with Crippen LogP contribution in [0.2, 0.25) is 0 Å². The van der Waals surface area contributed by atoms with E-state index in [2.05, 4.69) is 9.97 Å². The molecule has 0 unspecified atom stereocenters. The van der Waals surface area contributed by atoms with E-state index in [1.165, 1.54) is 0 Å². The Balaban J connectivity index is 2.11. The third-order valence-electron chi connectivity index (χ3n) is 2.40. The van der Waals surface area contributed by atoms with Gasteiger partial charge in [0, 0.05) is 18.5 Å². The fourth-order valence-electron chi connectivity index (χ4n) is 1.48. The Hall–Kier alpha value is -1.94. The normalized spacial score (nSPS) is 10.2. The number of nitrogens with two attached hydrogens (primary N) is 1. The van der Waals surface area contributed by atoms with Crippen molar-refractivity contribution in [1.29, 1.82) is 0 Å². The average Bonchev–Trinajstić information content (AvgIpc) is 2.35. The second-order valence-corrected chi connectivity index (χ2v) is 3.73. The number of rotatable bonds is 4. The molecule has 0 aromatic carbocycles. The van der Waals surface area contributed by atoms with Gasteiger partial charge in [0.1, 0.15) is 0 Å². The molecule has 0 fully saturated rings. The van der Waals surface area contributed by atoms with E-state index in [0.717, 1.165) is 23.4 Å². The van der Waals surface area contributed by atoms with Crippen LogP contribution in [0.3, 0.4) is 0 Å². The van der Waals surface area contributed by atoms with E-state index >= 15 is 0 Å². The van der Waals surface area contributed by atoms with E-state index in [1.807, 2.05) is 31.2 Å². The molecule has 4 nitrogen and oxygen atoms in total. The predicted octanol–water partition coefficient (Wildman–Crippen LogP) is 2.08. The smallest absolute Gasteiger partial charge is 0.219 e. The van der Waals surface area contributed by atoms with Crippen molar-refractivity contribution in [3.05, 3.63) is 47.9 Å². The largest absolute Gasteiger partial charge is 0.437 e. The fourth-order valence-corrected chi connectivity index (χ4v) is 1.48. The summed E-state index contributed by atoms with van der Waals surface area (Å²) in [5.41, 5.74) is 7.44. The molecule has 4 heteroatoms. The maximum absolute atomic E-state index is 5.64. The van der Waals surface area contributed by atoms with Crippen LogP contribution in [0, 0.1) is 6.92 Å². The van der Waals surface area contributed by atoms with Crippen molar-refractivity contribution in [3.63, 3.8) is 0 Å². The van der Waals surface area contributed by atoms with Crippen molar-refractivity contribution in [1.82, 2.24) is 9.97 Å². The summed E-state index contributed by atoms with van der Waals surface area (Å²) in [5.74, 6) is 1.30. The van der Waals surface area contributed by atoms with Gasteiger partial charge < -0.3 is 10.5 Å². The summed E-state index contributed by atoms with van der Waals surface area (Å²) in [4.78, 5) is 8.38. The first-order valence-corrected chi connectivity index (χ1v) is 5.54. The zero-order valence-corrected chi connectivity index (χ0v) is 9.76. The average molecular weight is 229 g/mol. The standard InChI is InChI=1S/C13H15N3O/c1-10-12(3-2-8-15-10)17-13-5-4-11(6-7-14)9-16-13/h2-5,8-9H,6-7,14H2,1H3. The summed E-state index contributed by atoms with van der Waals surface area (Å²) in [6.45, 7) is 2.53. The van der Waals surface area contributed by atoms with Crippen LogP contribution in [0.4, 0.5) is 0 Å². The SMILES string of the molecule is Cc1ncccc1Oc1ccc(CCN)cn1. The molecule has 17 heavy (non-hydrogen) atoms. The number of aryl methyl sites for hydroxylation is 1. The molecule has 0 bridgehead atoms. The van der Waals surface area contributed by atoms with Crippen molar-refractivity contribution < 1.29 is 4.74 Å². The lowest BCUT2D eigenvalue weighted by Crippen LogP contribution is -2.03. The number of hydrogen-bond donors (Lipinski definition) is 1. The molecule has 2 aromatic rings. The van der Waals surface area contributed by atoms with Crippen molar-refractivity contribution in [2.45, 2.75) is 13.3 Å². The van der Waals surface area contributed by atoms with Gasteiger partial charge in [0.15, 0.2) is 5.75 Å². The molecule has 0 saturated carbocycles. The molecule has 2 N–H and O–H groups in total. The van der Waals surface area contributed by atoms with E-state index in [4.69, 9.17) is 10.5 Å². The van der Waals surface area contributed by atoms with Gasteiger partial charge in [-0.2, -0.15) is 0 Å². The van der Waals surface area contributed by atoms with Crippen LogP contribution in [0.1, 0.15) is 11.3 Å². The zero-order valence-electron chi connectivity index (χ0n) is 9.76. The molecular formula is C13H15N3O. The monoisotopic (exact) mass is 229 g/mol. The highest BCUT2D eigenvalue weighted by Gasteiger charge is 2.02. The second-order valence-electron chi connectivity index (χ2n) is 3.73. The number of pyridine rings is 2. The summed E-state index contributed by atoms with van der Waals surface area (Å²) < 4.78 is 5.64. The topological polar surface area (TPSA) is 61.0 Å². The van der Waals surface area contributed by atoms with Crippen LogP contribution in [0.25, 0.3) is 0 Å². The van der Waals surface area contributed by atoms with Crippen molar-refractivity contribution in [3.8, 4) is 11.6 Å². The van der Waals surface area contributed by atoms with E-state index < -0.39 is 0 Å². The minimum Gasteiger partial charge on any atom is -0.437 e. The molecule has 0 atom stereocenters. The first-order valence-electron chi connectivity index (χ1n) is 5.54. The molecule has 2 aromatic heterocycles. The maximum Gasteiger partial charge on any atom is 0.219 e. The molecule has 0 saturated heterocycles. The van der Waals surface area contributed by atoms with E-state index in [-0.39, 0.29) is 0 Å². The summed E-state index contributed by atoms with van der Waals surface area (Å²) in [6, 6.07) is 7.53. The van der Waals surface area contributed by atoms with Crippen LogP contribution in [0.5, 0.6) is 11.6 Å². The van der Waals surface area contributed by atoms with Crippen LogP contribution in [-0.4, -0.2) is 16.5 Å². The van der Waals surface area contributed by atoms with Crippen molar-refractivity contribution in [2.75, 3.05) is 6.54 Å². The predicted molar refractivity (Wildman–Crippen MR) is 66.0 cm³/mol. The third-order valence-corrected chi connectivity index (χ3v) is 2.40. The Morgan fingerprint density at radius 3 is 2.76 bits per heavy atom. The molecule has 0 aliphatic rings. The van der Waals surface area contributed by atoms with Crippen molar-refractivity contribution >= 4 is 0 Å². The number of hydrogen-bond acceptors (Lipinski definition) is 4. The molecule has 0 aliphatic heterocycles. The van der Waals surface area contributed by atoms with Gasteiger partial charge in [-0.15, -0.1) is 0 Å². The molecule has 0 aliphatic carbocycles. The van der Waals surface area contributed by atoms with Gasteiger partial charge in [-0.25, -0.2) is 4.98 Å². The number of nitrogens with zero attached hydrogens (tertiary/aromatic N) is 2. The Kier molecular flexibility index (Phi) is 3.67. The molecule has 0 radical (unpaired) electrons. The lowest BCUT2D eigenvalue weighted by molar-refractivity contribution is 0.456. The van der Waals surface area contributed by atoms with Gasteiger partial charge in [0.05, 0.1) is 5.69 Å². The third kappa shape index (κ3) is 3.01. The lowest BCUT2D eigenvalue weighted by Gasteiger charge is -2.07. The lowest BCUT2D eigenvalue weighted by atomic mass is 10.2. The van der Waals surface area contributed by atoms with Gasteiger partial charge in [-0.3, -0.25) is 4.98 Å². The minimum absolute atomic E-state index is 0.571. The van der Waals surface area contributed by atoms with E-state index in [9.17, 15) is 0 Å². The highest BCUT2D eigenvalue weighted by Crippen LogP contribution is 2.21. The molecule has 88 valence electrons. The summed E-state index contributed by atoms with van der Waals surface area (Å²) in [5, 5.41) is 0. The van der Waals surface area contributed by atoms with Crippen LogP contribution < -0.4 is 10.5 Å². The second kappa shape index (κ2) is 5.41. The molecule has 0 spiro atoms. The minimum atomic E-state index is 0.571. The van der Waals surface area contributed by atoms with Crippen LogP contribution in [0.15, 0.2) is 36.7 Å². The highest BCUT2D eigenvalue weighted by atomic mass is 16.5. The van der Waals surface area contributed by atoms with E-state index in [0.29, 0.717) is 12.4 Å². The highest BCUT2D eigenvalue weighted by molar-refractivity contribution is 5.30. The van der Waals surface area contributed by atoms with Crippen LogP contribution >= 0.6 is 0 Å². The summed E-state index contributed by atoms with van der Waals surface area (Å²) in [7, 11) is 0. The molecular weight excluding hydrogens is 214 g/mol. The zero-order chi connectivity index (χ0) is 12.1. The van der Waals surface area contributed by atoms with Gasteiger partial charge in [-0.05, 0) is 37.6 Å². The Bertz CT molecular complexity index is 482. The Morgan fingerprint density at radius 2 is 2.12 bits per heavy atom. The Labute approximate surface area is 100 Å². The van der Waals surface area contributed by atoms with Gasteiger partial charge in [-0.1, -0.05) is 6.07 Å². The number of ether oxygens (including phenoxy) is 1. The molecule has 0 amide bonds. The quantitative estimate of drug-likeness (QED) is 0.872. The Morgan fingerprint density at radius 1 is 1.24 bits per heavy atom. The van der Waals surface area contributed by atoms with Crippen molar-refractivity contribution in [2.24, 2.45) is 5.73 Å². The fraction of sp³-hybridized carbons (Fsp3) is 0.231. The van der Waals surface area contributed by atoms with Crippen LogP contribution in [-0.2, 0) is 6.42 Å². The number of aromatic nitrogens is 2.